The molecule has 9 nitrogen and oxygen atoms in total. The Kier molecular flexibility index (Phi) is 5.38. The van der Waals surface area contributed by atoms with Crippen molar-refractivity contribution in [1.82, 2.24) is 19.8 Å². The van der Waals surface area contributed by atoms with Crippen LogP contribution >= 0.6 is 0 Å². The molecule has 0 aromatic carbocycles. The van der Waals surface area contributed by atoms with Gasteiger partial charge >= 0.3 is 0 Å². The van der Waals surface area contributed by atoms with Gasteiger partial charge in [0.05, 0.1) is 29.8 Å². The Bertz CT molecular complexity index is 947. The lowest BCUT2D eigenvalue weighted by Gasteiger charge is -2.17. The Morgan fingerprint density at radius 3 is 2.74 bits per heavy atom. The first kappa shape index (κ1) is 19.6. The molecule has 1 N–H and O–H groups in total. The lowest BCUT2D eigenvalue weighted by molar-refractivity contribution is -0.117. The molecule has 1 aliphatic rings. The Morgan fingerprint density at radius 1 is 1.41 bits per heavy atom. The number of amides is 1. The lowest BCUT2D eigenvalue weighted by Crippen LogP contribution is -2.30. The van der Waals surface area contributed by atoms with Crippen molar-refractivity contribution in [2.45, 2.75) is 39.8 Å². The van der Waals surface area contributed by atoms with Crippen LogP contribution in [0.3, 0.4) is 0 Å². The zero-order valence-electron chi connectivity index (χ0n) is 16.0. The lowest BCUT2D eigenvalue weighted by atomic mass is 10.1. The number of carbonyl (C=O) groups excluding carboxylic acids is 1. The molecule has 3 heterocycles. The van der Waals surface area contributed by atoms with Gasteiger partial charge in [-0.05, 0) is 34.2 Å². The summed E-state index contributed by atoms with van der Waals surface area (Å²) in [5, 5.41) is 11.0. The van der Waals surface area contributed by atoms with Gasteiger partial charge in [0.1, 0.15) is 5.76 Å². The number of rotatable bonds is 6. The molecule has 3 rings (SSSR count). The highest BCUT2D eigenvalue weighted by Gasteiger charge is 2.31. The largest absolute Gasteiger partial charge is 0.360 e. The SMILES string of the molecule is Cc1cc(NC(=O)CN(C)Cc2c(C)nn([C@H]3CCS(=O)(=O)C3)c2C)no1. The zero-order valence-corrected chi connectivity index (χ0v) is 16.8. The summed E-state index contributed by atoms with van der Waals surface area (Å²) in [4.78, 5) is 14.0. The number of nitrogens with one attached hydrogen (secondary N) is 1. The predicted octanol–water partition coefficient (Wildman–Crippen LogP) is 1.23. The smallest absolute Gasteiger partial charge is 0.239 e. The first-order chi connectivity index (χ1) is 12.6. The number of hydrogen-bond acceptors (Lipinski definition) is 7. The summed E-state index contributed by atoms with van der Waals surface area (Å²) in [6.07, 6.45) is 0.596. The molecular weight excluding hydrogens is 370 g/mol. The molecule has 10 heteroatoms. The standard InChI is InChI=1S/C17H25N5O4S/c1-11-7-16(20-26-11)18-17(23)9-21(4)8-15-12(2)19-22(13(15)3)14-5-6-27(24,25)10-14/h7,14H,5-6,8-10H2,1-4H3,(H,18,20,23)/t14-/m0/s1. The van der Waals surface area contributed by atoms with E-state index in [-0.39, 0.29) is 30.0 Å². The summed E-state index contributed by atoms with van der Waals surface area (Å²) in [6, 6.07) is 1.55. The summed E-state index contributed by atoms with van der Waals surface area (Å²) < 4.78 is 30.3. The number of carbonyl (C=O) groups is 1. The molecule has 1 saturated heterocycles. The number of nitrogens with zero attached hydrogens (tertiary/aromatic N) is 4. The first-order valence-corrected chi connectivity index (χ1v) is 10.6. The minimum absolute atomic E-state index is 0.105. The summed E-state index contributed by atoms with van der Waals surface area (Å²) >= 11 is 0. The third kappa shape index (κ3) is 4.56. The van der Waals surface area contributed by atoms with Gasteiger partial charge in [-0.1, -0.05) is 5.16 Å². The van der Waals surface area contributed by atoms with Crippen molar-refractivity contribution in [1.29, 1.82) is 0 Å². The minimum atomic E-state index is -2.97. The van der Waals surface area contributed by atoms with Crippen LogP contribution in [0.1, 0.15) is 35.2 Å². The quantitative estimate of drug-likeness (QED) is 0.783. The molecule has 1 fully saturated rings. The number of hydrogen-bond donors (Lipinski definition) is 1. The molecular formula is C17H25N5O4S. The van der Waals surface area contributed by atoms with Gasteiger partial charge < -0.3 is 9.84 Å². The maximum Gasteiger partial charge on any atom is 0.239 e. The molecule has 0 bridgehead atoms. The second-order valence-electron chi connectivity index (χ2n) is 7.19. The van der Waals surface area contributed by atoms with Crippen LogP contribution in [0.2, 0.25) is 0 Å². The third-order valence-electron chi connectivity index (χ3n) is 4.77. The van der Waals surface area contributed by atoms with Gasteiger partial charge in [0.25, 0.3) is 0 Å². The highest BCUT2D eigenvalue weighted by atomic mass is 32.2. The summed E-state index contributed by atoms with van der Waals surface area (Å²) in [7, 11) is -1.12. The van der Waals surface area contributed by atoms with Crippen LogP contribution in [-0.4, -0.2) is 59.3 Å². The van der Waals surface area contributed by atoms with Gasteiger partial charge in [0.2, 0.25) is 5.91 Å². The number of anilines is 1. The molecule has 0 saturated carbocycles. The fourth-order valence-corrected chi connectivity index (χ4v) is 5.12. The topological polar surface area (TPSA) is 110 Å². The van der Waals surface area contributed by atoms with E-state index < -0.39 is 9.84 Å². The molecule has 0 spiro atoms. The summed E-state index contributed by atoms with van der Waals surface area (Å²) in [6.45, 7) is 6.35. The van der Waals surface area contributed by atoms with Crippen LogP contribution in [0.15, 0.2) is 10.6 Å². The average molecular weight is 395 g/mol. The van der Waals surface area contributed by atoms with Crippen LogP contribution < -0.4 is 5.32 Å². The molecule has 1 amide bonds. The maximum absolute atomic E-state index is 12.2. The Hall–Kier alpha value is -2.20. The molecule has 2 aromatic heterocycles. The van der Waals surface area contributed by atoms with Gasteiger partial charge in [-0.2, -0.15) is 5.10 Å². The van der Waals surface area contributed by atoms with Crippen molar-refractivity contribution in [2.75, 3.05) is 30.4 Å². The normalized spacial score (nSPS) is 18.9. The van der Waals surface area contributed by atoms with Crippen molar-refractivity contribution in [2.24, 2.45) is 0 Å². The van der Waals surface area contributed by atoms with E-state index in [4.69, 9.17) is 4.52 Å². The Morgan fingerprint density at radius 2 is 2.15 bits per heavy atom. The monoisotopic (exact) mass is 395 g/mol. The predicted molar refractivity (Wildman–Crippen MR) is 100 cm³/mol. The third-order valence-corrected chi connectivity index (χ3v) is 6.52. The van der Waals surface area contributed by atoms with Crippen LogP contribution in [0.4, 0.5) is 5.82 Å². The number of sulfone groups is 1. The van der Waals surface area contributed by atoms with E-state index >= 15 is 0 Å². The number of likely N-dealkylation sites (N-methyl/N-ethyl adjacent to an activating group) is 1. The molecule has 0 aliphatic carbocycles. The highest BCUT2D eigenvalue weighted by molar-refractivity contribution is 7.91. The fraction of sp³-hybridized carbons (Fsp3) is 0.588. The molecule has 0 radical (unpaired) electrons. The van der Waals surface area contributed by atoms with E-state index in [0.717, 1.165) is 17.0 Å². The van der Waals surface area contributed by atoms with E-state index in [2.05, 4.69) is 15.6 Å². The van der Waals surface area contributed by atoms with Gasteiger partial charge in [0, 0.05) is 23.9 Å². The average Bonchev–Trinajstić information content (AvgIpc) is 3.20. The van der Waals surface area contributed by atoms with E-state index in [1.807, 2.05) is 30.5 Å². The second kappa shape index (κ2) is 7.43. The van der Waals surface area contributed by atoms with E-state index in [9.17, 15) is 13.2 Å². The minimum Gasteiger partial charge on any atom is -0.360 e. The van der Waals surface area contributed by atoms with Crippen molar-refractivity contribution in [3.05, 3.63) is 28.8 Å². The van der Waals surface area contributed by atoms with Crippen LogP contribution in [0, 0.1) is 20.8 Å². The molecule has 1 atom stereocenters. The van der Waals surface area contributed by atoms with Crippen molar-refractivity contribution in [3.8, 4) is 0 Å². The van der Waals surface area contributed by atoms with Crippen LogP contribution in [0.25, 0.3) is 0 Å². The van der Waals surface area contributed by atoms with Crippen molar-refractivity contribution in [3.63, 3.8) is 0 Å². The Balaban J connectivity index is 1.64. The van der Waals surface area contributed by atoms with Gasteiger partial charge in [-0.3, -0.25) is 14.4 Å². The molecule has 148 valence electrons. The van der Waals surface area contributed by atoms with Gasteiger partial charge in [-0.25, -0.2) is 8.42 Å². The Labute approximate surface area is 158 Å². The van der Waals surface area contributed by atoms with Crippen LogP contribution in [-0.2, 0) is 21.2 Å². The summed E-state index contributed by atoms with van der Waals surface area (Å²) in [5.74, 6) is 1.20. The first-order valence-electron chi connectivity index (χ1n) is 8.81. The van der Waals surface area contributed by atoms with E-state index in [0.29, 0.717) is 24.5 Å². The van der Waals surface area contributed by atoms with E-state index in [1.165, 1.54) is 0 Å². The summed E-state index contributed by atoms with van der Waals surface area (Å²) in [5.41, 5.74) is 2.83. The number of aryl methyl sites for hydroxylation is 2. The highest BCUT2D eigenvalue weighted by Crippen LogP contribution is 2.27. The van der Waals surface area contributed by atoms with E-state index in [1.54, 1.807) is 13.0 Å². The number of aromatic nitrogens is 3. The van der Waals surface area contributed by atoms with Crippen molar-refractivity contribution < 1.29 is 17.7 Å². The molecule has 1 aliphatic heterocycles. The second-order valence-corrected chi connectivity index (χ2v) is 9.42. The van der Waals surface area contributed by atoms with Crippen LogP contribution in [0.5, 0.6) is 0 Å². The maximum atomic E-state index is 12.2. The van der Waals surface area contributed by atoms with Gasteiger partial charge in [0.15, 0.2) is 15.7 Å². The fourth-order valence-electron chi connectivity index (χ4n) is 3.43. The van der Waals surface area contributed by atoms with Gasteiger partial charge in [-0.15, -0.1) is 0 Å². The molecule has 2 aromatic rings. The zero-order chi connectivity index (χ0) is 19.8. The molecule has 27 heavy (non-hydrogen) atoms. The van der Waals surface area contributed by atoms with Crippen molar-refractivity contribution >= 4 is 21.6 Å². The molecule has 0 unspecified atom stereocenters.